The van der Waals surface area contributed by atoms with Gasteiger partial charge < -0.3 is 5.11 Å². The van der Waals surface area contributed by atoms with Crippen LogP contribution in [-0.2, 0) is 25.4 Å². The maximum Gasteiger partial charge on any atom is 0.417 e. The molecular weight excluding hydrogens is 397 g/mol. The summed E-state index contributed by atoms with van der Waals surface area (Å²) in [5.74, 6) is 0. The first kappa shape index (κ1) is 20.3. The van der Waals surface area contributed by atoms with Gasteiger partial charge in [-0.3, -0.25) is 9.48 Å². The highest BCUT2D eigenvalue weighted by Crippen LogP contribution is 2.40. The fourth-order valence-corrected chi connectivity index (χ4v) is 3.64. The van der Waals surface area contributed by atoms with E-state index in [1.54, 1.807) is 20.9 Å². The number of rotatable bonds is 4. The molecular formula is C18H18ClF3N4O2. The number of hydrogen-bond donors (Lipinski definition) is 1. The minimum Gasteiger partial charge on any atom is -0.379 e. The largest absolute Gasteiger partial charge is 0.417 e. The molecule has 28 heavy (non-hydrogen) atoms. The number of benzene rings is 1. The van der Waals surface area contributed by atoms with Gasteiger partial charge in [-0.2, -0.15) is 23.4 Å². The first-order chi connectivity index (χ1) is 13.0. The zero-order valence-electron chi connectivity index (χ0n) is 15.4. The lowest BCUT2D eigenvalue weighted by atomic mass is 9.86. The van der Waals surface area contributed by atoms with Crippen molar-refractivity contribution in [1.29, 1.82) is 0 Å². The van der Waals surface area contributed by atoms with Crippen molar-refractivity contribution < 1.29 is 18.3 Å². The molecule has 150 valence electrons. The SMILES string of the molecule is CCn1ncc2c(C(O)(CC)c3ccc(C(F)(F)F)c(Cl)c3)n(C)nc2c1=O. The summed E-state index contributed by atoms with van der Waals surface area (Å²) in [6.07, 6.45) is -3.07. The molecule has 6 nitrogen and oxygen atoms in total. The van der Waals surface area contributed by atoms with Crippen LogP contribution in [0.1, 0.15) is 37.1 Å². The summed E-state index contributed by atoms with van der Waals surface area (Å²) in [6.45, 7) is 3.79. The quantitative estimate of drug-likeness (QED) is 0.709. The summed E-state index contributed by atoms with van der Waals surface area (Å²) in [5, 5.41) is 19.5. The normalized spacial score (nSPS) is 14.4. The Morgan fingerprint density at radius 2 is 1.93 bits per heavy atom. The summed E-state index contributed by atoms with van der Waals surface area (Å²) in [7, 11) is 1.55. The Kier molecular flexibility index (Phi) is 5.01. The maximum atomic E-state index is 13.0. The van der Waals surface area contributed by atoms with E-state index in [2.05, 4.69) is 10.2 Å². The molecule has 1 aromatic carbocycles. The Morgan fingerprint density at radius 1 is 1.25 bits per heavy atom. The minimum atomic E-state index is -4.60. The molecule has 10 heteroatoms. The summed E-state index contributed by atoms with van der Waals surface area (Å²) >= 11 is 5.84. The number of nitrogens with zero attached hydrogens (tertiary/aromatic N) is 4. The third-order valence-corrected chi connectivity index (χ3v) is 5.11. The van der Waals surface area contributed by atoms with E-state index in [1.165, 1.54) is 21.6 Å². The van der Waals surface area contributed by atoms with Crippen LogP contribution in [-0.4, -0.2) is 24.7 Å². The van der Waals surface area contributed by atoms with Crippen LogP contribution in [0.25, 0.3) is 10.9 Å². The maximum absolute atomic E-state index is 13.0. The van der Waals surface area contributed by atoms with Crippen LogP contribution in [0.2, 0.25) is 5.02 Å². The van der Waals surface area contributed by atoms with Gasteiger partial charge in [0.25, 0.3) is 5.56 Å². The van der Waals surface area contributed by atoms with Crippen molar-refractivity contribution >= 4 is 22.5 Å². The summed E-state index contributed by atoms with van der Waals surface area (Å²) in [4.78, 5) is 12.5. The first-order valence-corrected chi connectivity index (χ1v) is 8.95. The fraction of sp³-hybridized carbons (Fsp3) is 0.389. The van der Waals surface area contributed by atoms with Gasteiger partial charge in [-0.25, -0.2) is 4.68 Å². The van der Waals surface area contributed by atoms with E-state index in [-0.39, 0.29) is 23.2 Å². The molecule has 1 atom stereocenters. The molecule has 3 aromatic rings. The lowest BCUT2D eigenvalue weighted by Gasteiger charge is -2.28. The van der Waals surface area contributed by atoms with Crippen molar-refractivity contribution in [3.8, 4) is 0 Å². The molecule has 1 N–H and O–H groups in total. The van der Waals surface area contributed by atoms with E-state index in [9.17, 15) is 23.1 Å². The molecule has 2 aromatic heterocycles. The van der Waals surface area contributed by atoms with Crippen LogP contribution in [0.4, 0.5) is 13.2 Å². The van der Waals surface area contributed by atoms with Crippen LogP contribution in [0.3, 0.4) is 0 Å². The Labute approximate surface area is 163 Å². The number of alkyl halides is 3. The van der Waals surface area contributed by atoms with Crippen LogP contribution in [0, 0.1) is 0 Å². The van der Waals surface area contributed by atoms with Crippen molar-refractivity contribution in [3.05, 3.63) is 56.6 Å². The predicted octanol–water partition coefficient (Wildman–Crippen LogP) is 3.47. The van der Waals surface area contributed by atoms with Gasteiger partial charge in [0, 0.05) is 13.6 Å². The number of hydrogen-bond acceptors (Lipinski definition) is 4. The number of halogens is 4. The summed E-state index contributed by atoms with van der Waals surface area (Å²) < 4.78 is 41.6. The second kappa shape index (κ2) is 6.89. The zero-order chi connectivity index (χ0) is 20.9. The first-order valence-electron chi connectivity index (χ1n) is 8.57. The van der Waals surface area contributed by atoms with Gasteiger partial charge in [-0.1, -0.05) is 24.6 Å². The third-order valence-electron chi connectivity index (χ3n) is 4.80. The Bertz CT molecular complexity index is 1110. The van der Waals surface area contributed by atoms with Crippen molar-refractivity contribution in [2.75, 3.05) is 0 Å². The highest BCUT2D eigenvalue weighted by molar-refractivity contribution is 6.31. The van der Waals surface area contributed by atoms with Gasteiger partial charge in [-0.05, 0) is 31.0 Å². The molecule has 0 aliphatic heterocycles. The summed E-state index contributed by atoms with van der Waals surface area (Å²) in [5.41, 5.74) is -2.57. The van der Waals surface area contributed by atoms with Gasteiger partial charge in [-0.15, -0.1) is 0 Å². The van der Waals surface area contributed by atoms with Gasteiger partial charge in [0.05, 0.1) is 27.9 Å². The standard InChI is InChI=1S/C18H18ClF3N4O2/c1-4-17(28,10-6-7-12(13(19)8-10)18(20,21)22)15-11-9-23-26(5-2)16(27)14(11)24-25(15)3/h6-9,28H,4-5H2,1-3H3. The molecule has 0 fully saturated rings. The zero-order valence-corrected chi connectivity index (χ0v) is 16.1. The Morgan fingerprint density at radius 3 is 2.46 bits per heavy atom. The number of aliphatic hydroxyl groups is 1. The fourth-order valence-electron chi connectivity index (χ4n) is 3.35. The lowest BCUT2D eigenvalue weighted by Crippen LogP contribution is -2.30. The number of fused-ring (bicyclic) bond motifs is 1. The van der Waals surface area contributed by atoms with Gasteiger partial charge in [0.2, 0.25) is 0 Å². The second-order valence-corrected chi connectivity index (χ2v) is 6.81. The lowest BCUT2D eigenvalue weighted by molar-refractivity contribution is -0.137. The minimum absolute atomic E-state index is 0.111. The average molecular weight is 415 g/mol. The predicted molar refractivity (Wildman–Crippen MR) is 98.2 cm³/mol. The van der Waals surface area contributed by atoms with Crippen LogP contribution in [0.15, 0.2) is 29.2 Å². The van der Waals surface area contributed by atoms with Gasteiger partial charge in [0.15, 0.2) is 5.52 Å². The van der Waals surface area contributed by atoms with Crippen molar-refractivity contribution in [2.45, 2.75) is 38.6 Å². The van der Waals surface area contributed by atoms with Gasteiger partial charge in [0.1, 0.15) is 5.60 Å². The van der Waals surface area contributed by atoms with E-state index in [0.29, 0.717) is 11.9 Å². The van der Waals surface area contributed by atoms with Crippen molar-refractivity contribution in [3.63, 3.8) is 0 Å². The van der Waals surface area contributed by atoms with E-state index >= 15 is 0 Å². The molecule has 2 heterocycles. The smallest absolute Gasteiger partial charge is 0.379 e. The summed E-state index contributed by atoms with van der Waals surface area (Å²) in [6, 6.07) is 3.10. The van der Waals surface area contributed by atoms with Crippen LogP contribution >= 0.6 is 11.6 Å². The molecule has 0 aliphatic rings. The Hall–Kier alpha value is -2.39. The average Bonchev–Trinajstić information content (AvgIpc) is 2.97. The van der Waals surface area contributed by atoms with Crippen LogP contribution in [0.5, 0.6) is 0 Å². The third kappa shape index (κ3) is 3.08. The molecule has 0 radical (unpaired) electrons. The molecule has 3 rings (SSSR count). The van der Waals surface area contributed by atoms with Gasteiger partial charge >= 0.3 is 6.18 Å². The highest BCUT2D eigenvalue weighted by Gasteiger charge is 2.38. The molecule has 0 bridgehead atoms. The Balaban J connectivity index is 2.26. The van der Waals surface area contributed by atoms with Crippen molar-refractivity contribution in [2.24, 2.45) is 7.05 Å². The molecule has 0 saturated carbocycles. The molecule has 0 aliphatic carbocycles. The number of aryl methyl sites for hydroxylation is 2. The molecule has 0 saturated heterocycles. The molecule has 1 unspecified atom stereocenters. The second-order valence-electron chi connectivity index (χ2n) is 6.41. The topological polar surface area (TPSA) is 72.9 Å². The van der Waals surface area contributed by atoms with Crippen LogP contribution < -0.4 is 5.56 Å². The molecule has 0 spiro atoms. The van der Waals surface area contributed by atoms with E-state index < -0.39 is 27.9 Å². The molecule has 0 amide bonds. The van der Waals surface area contributed by atoms with Crippen molar-refractivity contribution in [1.82, 2.24) is 19.6 Å². The van der Waals surface area contributed by atoms with E-state index in [1.807, 2.05) is 0 Å². The highest BCUT2D eigenvalue weighted by atomic mass is 35.5. The number of aromatic nitrogens is 4. The van der Waals surface area contributed by atoms with E-state index in [0.717, 1.165) is 12.1 Å². The monoisotopic (exact) mass is 414 g/mol. The van der Waals surface area contributed by atoms with E-state index in [4.69, 9.17) is 11.6 Å².